The minimum Gasteiger partial charge on any atom is -0.508 e. The Morgan fingerprint density at radius 1 is 0.789 bits per heavy atom. The normalized spacial score (nSPS) is 13.8. The molecule has 0 radical (unpaired) electrons. The molecule has 0 heterocycles. The van der Waals surface area contributed by atoms with E-state index in [2.05, 4.69) is 12.1 Å². The third kappa shape index (κ3) is 1.31. The van der Waals surface area contributed by atoms with Crippen LogP contribution in [0, 0.1) is 0 Å². The molecule has 0 aliphatic heterocycles. The lowest BCUT2D eigenvalue weighted by Crippen LogP contribution is -1.88. The van der Waals surface area contributed by atoms with Crippen molar-refractivity contribution in [1.82, 2.24) is 0 Å². The second-order valence-corrected chi connectivity index (χ2v) is 4.93. The number of fused-ring (bicyclic) bond motifs is 5. The molecule has 3 aromatic rings. The number of allylic oxidation sites excluding steroid dienone is 1. The van der Waals surface area contributed by atoms with Gasteiger partial charge in [-0.1, -0.05) is 36.4 Å². The first-order valence-electron chi connectivity index (χ1n) is 6.31. The Bertz CT molecular complexity index is 860. The summed E-state index contributed by atoms with van der Waals surface area (Å²) in [7, 11) is 0. The molecule has 2 nitrogen and oxygen atoms in total. The summed E-state index contributed by atoms with van der Waals surface area (Å²) in [6.07, 6.45) is 2.57. The molecular weight excluding hydrogens is 236 g/mol. The fourth-order valence-corrected chi connectivity index (χ4v) is 2.99. The molecule has 0 unspecified atom stereocenters. The van der Waals surface area contributed by atoms with Crippen LogP contribution in [0.5, 0.6) is 5.75 Å². The van der Waals surface area contributed by atoms with E-state index in [4.69, 9.17) is 0 Å². The van der Waals surface area contributed by atoms with E-state index < -0.39 is 0 Å². The number of benzene rings is 3. The first-order valence-corrected chi connectivity index (χ1v) is 6.31. The Morgan fingerprint density at radius 2 is 1.53 bits per heavy atom. The van der Waals surface area contributed by atoms with Gasteiger partial charge in [0.25, 0.3) is 0 Å². The van der Waals surface area contributed by atoms with Gasteiger partial charge >= 0.3 is 0 Å². The van der Waals surface area contributed by atoms with Gasteiger partial charge in [-0.05, 0) is 40.3 Å². The van der Waals surface area contributed by atoms with Crippen molar-refractivity contribution in [3.63, 3.8) is 0 Å². The van der Waals surface area contributed by atoms with Crippen LogP contribution >= 0.6 is 0 Å². The minimum absolute atomic E-state index is 0.260. The smallest absolute Gasteiger partial charge is 0.124 e. The van der Waals surface area contributed by atoms with E-state index in [0.717, 1.165) is 39.1 Å². The molecule has 0 atom stereocenters. The molecule has 2 N–H and O–H groups in total. The molecule has 0 fully saturated rings. The van der Waals surface area contributed by atoms with E-state index in [1.165, 1.54) is 0 Å². The van der Waals surface area contributed by atoms with Crippen LogP contribution in [0.15, 0.2) is 48.5 Å². The zero-order valence-electron chi connectivity index (χ0n) is 10.2. The fraction of sp³-hybridized carbons (Fsp3) is 0.0588. The molecule has 0 saturated heterocycles. The highest BCUT2D eigenvalue weighted by atomic mass is 16.3. The summed E-state index contributed by atoms with van der Waals surface area (Å²) < 4.78 is 0. The number of phenols is 1. The van der Waals surface area contributed by atoms with Crippen LogP contribution in [0.4, 0.5) is 0 Å². The van der Waals surface area contributed by atoms with Crippen molar-refractivity contribution >= 4 is 27.3 Å². The highest BCUT2D eigenvalue weighted by Crippen LogP contribution is 2.39. The second kappa shape index (κ2) is 3.51. The average molecular weight is 248 g/mol. The van der Waals surface area contributed by atoms with Crippen molar-refractivity contribution in [2.24, 2.45) is 0 Å². The lowest BCUT2D eigenvalue weighted by molar-refractivity contribution is 0.482. The Labute approximate surface area is 110 Å². The lowest BCUT2D eigenvalue weighted by atomic mass is 9.95. The maximum absolute atomic E-state index is 10.2. The summed E-state index contributed by atoms with van der Waals surface area (Å²) in [4.78, 5) is 0. The SMILES string of the molecule is OC1=CCc2ccc3c(cc(O)c4ccccc43)c21. The molecule has 0 saturated carbocycles. The van der Waals surface area contributed by atoms with Crippen LogP contribution in [0.2, 0.25) is 0 Å². The number of phenolic OH excluding ortho intramolecular Hbond substituents is 1. The average Bonchev–Trinajstić information content (AvgIpc) is 2.81. The van der Waals surface area contributed by atoms with Gasteiger partial charge in [-0.15, -0.1) is 0 Å². The van der Waals surface area contributed by atoms with E-state index in [1.54, 1.807) is 6.07 Å². The summed E-state index contributed by atoms with van der Waals surface area (Å²) in [6, 6.07) is 13.7. The first kappa shape index (κ1) is 10.4. The number of hydrogen-bond donors (Lipinski definition) is 2. The molecule has 0 amide bonds. The number of rotatable bonds is 0. The van der Waals surface area contributed by atoms with Gasteiger partial charge < -0.3 is 10.2 Å². The molecular formula is C17H12O2. The first-order chi connectivity index (χ1) is 9.25. The van der Waals surface area contributed by atoms with Gasteiger partial charge in [-0.2, -0.15) is 0 Å². The van der Waals surface area contributed by atoms with Crippen LogP contribution in [-0.4, -0.2) is 10.2 Å². The Kier molecular flexibility index (Phi) is 1.93. The Morgan fingerprint density at radius 3 is 2.37 bits per heavy atom. The lowest BCUT2D eigenvalue weighted by Gasteiger charge is -2.10. The standard InChI is InChI=1S/C17H12O2/c18-15-8-6-10-5-7-12-11-3-1-2-4-13(11)16(19)9-14(12)17(10)15/h1-5,7-9,18-19H,6H2. The minimum atomic E-state index is 0.260. The number of hydrogen-bond acceptors (Lipinski definition) is 2. The number of aliphatic hydroxyl groups excluding tert-OH is 1. The molecule has 1 aliphatic rings. The molecule has 1 aliphatic carbocycles. The summed E-state index contributed by atoms with van der Waals surface area (Å²) in [5.41, 5.74) is 1.97. The van der Waals surface area contributed by atoms with Crippen molar-refractivity contribution in [2.45, 2.75) is 6.42 Å². The topological polar surface area (TPSA) is 40.5 Å². The molecule has 0 bridgehead atoms. The van der Waals surface area contributed by atoms with Crippen molar-refractivity contribution in [2.75, 3.05) is 0 Å². The summed E-state index contributed by atoms with van der Waals surface area (Å²) in [5.74, 6) is 0.575. The van der Waals surface area contributed by atoms with Crippen molar-refractivity contribution < 1.29 is 10.2 Å². The zero-order valence-corrected chi connectivity index (χ0v) is 10.2. The van der Waals surface area contributed by atoms with Gasteiger partial charge in [0.1, 0.15) is 11.5 Å². The molecule has 19 heavy (non-hydrogen) atoms. The van der Waals surface area contributed by atoms with Crippen molar-refractivity contribution in [3.05, 3.63) is 59.7 Å². The van der Waals surface area contributed by atoms with Gasteiger partial charge in [0.2, 0.25) is 0 Å². The molecule has 3 aromatic carbocycles. The van der Waals surface area contributed by atoms with Crippen LogP contribution in [0.3, 0.4) is 0 Å². The van der Waals surface area contributed by atoms with Crippen molar-refractivity contribution in [3.8, 4) is 5.75 Å². The summed E-state index contributed by atoms with van der Waals surface area (Å²) in [5, 5.41) is 24.0. The monoisotopic (exact) mass is 248 g/mol. The highest BCUT2D eigenvalue weighted by molar-refractivity contribution is 6.13. The predicted molar refractivity (Wildman–Crippen MR) is 77.4 cm³/mol. The molecule has 2 heteroatoms. The Balaban J connectivity index is 2.27. The van der Waals surface area contributed by atoms with E-state index in [-0.39, 0.29) is 5.75 Å². The van der Waals surface area contributed by atoms with Crippen LogP contribution in [0.25, 0.3) is 27.3 Å². The maximum atomic E-state index is 10.2. The third-order valence-electron chi connectivity index (χ3n) is 3.88. The maximum Gasteiger partial charge on any atom is 0.124 e. The molecule has 92 valence electrons. The van der Waals surface area contributed by atoms with E-state index in [0.29, 0.717) is 5.76 Å². The summed E-state index contributed by atoms with van der Waals surface area (Å²) in [6.45, 7) is 0. The molecule has 0 spiro atoms. The van der Waals surface area contributed by atoms with Crippen LogP contribution < -0.4 is 0 Å². The van der Waals surface area contributed by atoms with Crippen LogP contribution in [0.1, 0.15) is 11.1 Å². The van der Waals surface area contributed by atoms with Crippen molar-refractivity contribution in [1.29, 1.82) is 0 Å². The van der Waals surface area contributed by atoms with Gasteiger partial charge in [0.05, 0.1) is 0 Å². The fourth-order valence-electron chi connectivity index (χ4n) is 2.99. The molecule has 4 rings (SSSR count). The quantitative estimate of drug-likeness (QED) is 0.586. The van der Waals surface area contributed by atoms with Gasteiger partial charge in [0.15, 0.2) is 0 Å². The van der Waals surface area contributed by atoms with Crippen LogP contribution in [-0.2, 0) is 6.42 Å². The molecule has 0 aromatic heterocycles. The van der Waals surface area contributed by atoms with E-state index in [9.17, 15) is 10.2 Å². The van der Waals surface area contributed by atoms with Gasteiger partial charge in [-0.3, -0.25) is 0 Å². The largest absolute Gasteiger partial charge is 0.508 e. The predicted octanol–water partition coefficient (Wildman–Crippen LogP) is 4.15. The van der Waals surface area contributed by atoms with E-state index in [1.807, 2.05) is 30.3 Å². The van der Waals surface area contributed by atoms with E-state index >= 15 is 0 Å². The highest BCUT2D eigenvalue weighted by Gasteiger charge is 2.18. The number of aliphatic hydroxyl groups is 1. The second-order valence-electron chi connectivity index (χ2n) is 4.93. The zero-order chi connectivity index (χ0) is 13.0. The van der Waals surface area contributed by atoms with Gasteiger partial charge in [0, 0.05) is 10.9 Å². The summed E-state index contributed by atoms with van der Waals surface area (Å²) >= 11 is 0. The Hall–Kier alpha value is -2.48. The van der Waals surface area contributed by atoms with Gasteiger partial charge in [-0.25, -0.2) is 0 Å². The number of aromatic hydroxyl groups is 1. The third-order valence-corrected chi connectivity index (χ3v) is 3.88.